The number of ether oxygens (including phenoxy) is 1. The Balaban J connectivity index is 1.51. The van der Waals surface area contributed by atoms with E-state index in [1.165, 1.54) is 17.1 Å². The number of hydrogen-bond donors (Lipinski definition) is 2. The normalized spacial score (nSPS) is 12.8. The summed E-state index contributed by atoms with van der Waals surface area (Å²) >= 11 is 0. The minimum absolute atomic E-state index is 0.0257. The van der Waals surface area contributed by atoms with Gasteiger partial charge in [0.05, 0.1) is 0 Å². The molecule has 0 saturated heterocycles. The number of aliphatic carboxylic acids is 1. The smallest absolute Gasteiger partial charge is 0.407 e. The van der Waals surface area contributed by atoms with E-state index in [-0.39, 0.29) is 31.0 Å². The second-order valence-corrected chi connectivity index (χ2v) is 9.26. The van der Waals surface area contributed by atoms with Gasteiger partial charge in [-0.05, 0) is 27.7 Å². The van der Waals surface area contributed by atoms with Crippen molar-refractivity contribution in [3.05, 3.63) is 71.8 Å². The van der Waals surface area contributed by atoms with E-state index in [9.17, 15) is 14.4 Å². The molecule has 0 fully saturated rings. The van der Waals surface area contributed by atoms with Crippen LogP contribution in [0.15, 0.2) is 60.7 Å². The lowest BCUT2D eigenvalue weighted by molar-refractivity contribution is -0.143. The first-order chi connectivity index (χ1) is 15.7. The van der Waals surface area contributed by atoms with E-state index in [1.54, 1.807) is 0 Å². The summed E-state index contributed by atoms with van der Waals surface area (Å²) in [5.74, 6) is -1.51. The molecule has 2 aromatic rings. The summed E-state index contributed by atoms with van der Waals surface area (Å²) < 4.78 is 5.46. The van der Waals surface area contributed by atoms with Crippen molar-refractivity contribution in [3.63, 3.8) is 0 Å². The van der Waals surface area contributed by atoms with E-state index >= 15 is 0 Å². The van der Waals surface area contributed by atoms with Gasteiger partial charge in [0.15, 0.2) is 0 Å². The number of carbonyl (C=O) groups is 3. The van der Waals surface area contributed by atoms with E-state index < -0.39 is 18.0 Å². The summed E-state index contributed by atoms with van der Waals surface area (Å²) in [4.78, 5) is 36.9. The molecule has 0 unspecified atom stereocenters. The quantitative estimate of drug-likeness (QED) is 0.592. The lowest BCUT2D eigenvalue weighted by Crippen LogP contribution is -2.40. The van der Waals surface area contributed by atoms with Crippen molar-refractivity contribution >= 4 is 18.0 Å². The Morgan fingerprint density at radius 1 is 1.03 bits per heavy atom. The van der Waals surface area contributed by atoms with Crippen molar-refractivity contribution < 1.29 is 24.2 Å². The minimum atomic E-state index is -1.07. The summed E-state index contributed by atoms with van der Waals surface area (Å²) in [6, 6.07) is 16.2. The molecule has 2 aromatic carbocycles. The Morgan fingerprint density at radius 2 is 1.61 bits per heavy atom. The number of carboxylic acids is 1. The Kier molecular flexibility index (Phi) is 7.53. The summed E-state index contributed by atoms with van der Waals surface area (Å²) in [7, 11) is 0. The third-order valence-electron chi connectivity index (χ3n) is 5.27. The van der Waals surface area contributed by atoms with Crippen LogP contribution in [-0.2, 0) is 14.3 Å². The first-order valence-corrected chi connectivity index (χ1v) is 10.9. The van der Waals surface area contributed by atoms with E-state index in [0.29, 0.717) is 6.54 Å². The molecule has 1 aliphatic carbocycles. The average molecular weight is 451 g/mol. The van der Waals surface area contributed by atoms with Crippen LogP contribution in [0.2, 0.25) is 0 Å². The van der Waals surface area contributed by atoms with Crippen LogP contribution < -0.4 is 5.32 Å². The van der Waals surface area contributed by atoms with Crippen molar-refractivity contribution in [1.29, 1.82) is 0 Å². The van der Waals surface area contributed by atoms with Crippen LogP contribution in [0.1, 0.15) is 37.8 Å². The summed E-state index contributed by atoms with van der Waals surface area (Å²) in [5.41, 5.74) is 4.34. The molecule has 0 saturated carbocycles. The third kappa shape index (κ3) is 6.44. The lowest BCUT2D eigenvalue weighted by atomic mass is 9.96. The van der Waals surface area contributed by atoms with E-state index in [0.717, 1.165) is 22.3 Å². The number of hydrogen-bond acceptors (Lipinski definition) is 4. The zero-order valence-corrected chi connectivity index (χ0v) is 19.2. The molecule has 0 atom stereocenters. The molecular formula is C26H30N2O5. The van der Waals surface area contributed by atoms with E-state index in [4.69, 9.17) is 9.84 Å². The Hall–Kier alpha value is -3.61. The van der Waals surface area contributed by atoms with Crippen LogP contribution in [0.3, 0.4) is 0 Å². The van der Waals surface area contributed by atoms with Crippen LogP contribution in [0.5, 0.6) is 0 Å². The molecule has 3 rings (SSSR count). The van der Waals surface area contributed by atoms with Gasteiger partial charge in [0.2, 0.25) is 5.91 Å². The van der Waals surface area contributed by atoms with Crippen LogP contribution in [-0.4, -0.2) is 54.2 Å². The van der Waals surface area contributed by atoms with E-state index in [2.05, 4.69) is 29.6 Å². The van der Waals surface area contributed by atoms with Crippen molar-refractivity contribution in [2.75, 3.05) is 26.2 Å². The fourth-order valence-electron chi connectivity index (χ4n) is 4.00. The van der Waals surface area contributed by atoms with Crippen molar-refractivity contribution in [1.82, 2.24) is 10.2 Å². The monoisotopic (exact) mass is 450 g/mol. The summed E-state index contributed by atoms with van der Waals surface area (Å²) in [6.45, 7) is 6.02. The van der Waals surface area contributed by atoms with Gasteiger partial charge in [-0.1, -0.05) is 75.4 Å². The molecule has 0 aromatic heterocycles. The van der Waals surface area contributed by atoms with Gasteiger partial charge < -0.3 is 20.1 Å². The first-order valence-electron chi connectivity index (χ1n) is 10.9. The van der Waals surface area contributed by atoms with Gasteiger partial charge in [0, 0.05) is 25.1 Å². The summed E-state index contributed by atoms with van der Waals surface area (Å²) in [6.07, 6.45) is 2.19. The fraction of sp³-hybridized carbons (Fsp3) is 0.346. The molecule has 174 valence electrons. The predicted molar refractivity (Wildman–Crippen MR) is 126 cm³/mol. The average Bonchev–Trinajstić information content (AvgIpc) is 3.07. The molecule has 1 aliphatic rings. The zero-order valence-electron chi connectivity index (χ0n) is 19.2. The number of nitrogens with one attached hydrogen (secondary N) is 1. The molecule has 7 nitrogen and oxygen atoms in total. The van der Waals surface area contributed by atoms with Crippen LogP contribution >= 0.6 is 0 Å². The molecule has 0 spiro atoms. The van der Waals surface area contributed by atoms with Crippen LogP contribution in [0.4, 0.5) is 4.79 Å². The number of carboxylic acid groups (broad SMARTS) is 1. The van der Waals surface area contributed by atoms with Gasteiger partial charge in [0.25, 0.3) is 0 Å². The number of amides is 2. The number of nitrogens with zero attached hydrogens (tertiary/aromatic N) is 1. The second-order valence-electron chi connectivity index (χ2n) is 9.26. The topological polar surface area (TPSA) is 95.9 Å². The molecule has 7 heteroatoms. The van der Waals surface area contributed by atoms with Crippen molar-refractivity contribution in [3.8, 4) is 11.1 Å². The van der Waals surface area contributed by atoms with Gasteiger partial charge in [-0.15, -0.1) is 0 Å². The van der Waals surface area contributed by atoms with Gasteiger partial charge in [0.1, 0.15) is 13.2 Å². The molecule has 0 radical (unpaired) electrons. The highest BCUT2D eigenvalue weighted by atomic mass is 16.5. The molecule has 0 heterocycles. The first kappa shape index (κ1) is 24.0. The molecule has 0 aliphatic heterocycles. The van der Waals surface area contributed by atoms with Gasteiger partial charge in [-0.25, -0.2) is 4.79 Å². The van der Waals surface area contributed by atoms with Crippen molar-refractivity contribution in [2.45, 2.75) is 26.7 Å². The predicted octanol–water partition coefficient (Wildman–Crippen LogP) is 4.04. The molecule has 0 bridgehead atoms. The Bertz CT molecular complexity index is 1010. The lowest BCUT2D eigenvalue weighted by Gasteiger charge is -2.27. The maximum Gasteiger partial charge on any atom is 0.407 e. The SMILES string of the molecule is CC(C)(C)CN(CC(=O)O)C(=O)/C=C/CNC(=O)OCC1c2ccccc2-c2ccccc21. The fourth-order valence-corrected chi connectivity index (χ4v) is 4.00. The highest BCUT2D eigenvalue weighted by molar-refractivity contribution is 5.90. The standard InChI is InChI=1S/C26H30N2O5/c1-26(2,3)17-28(15-24(30)31)23(29)13-8-14-27-25(32)33-16-22-20-11-6-4-9-18(20)19-10-5-7-12-21(19)22/h4-13,22H,14-17H2,1-3H3,(H,27,32)(H,30,31)/b13-8+. The van der Waals surface area contributed by atoms with Gasteiger partial charge >= 0.3 is 12.1 Å². The van der Waals surface area contributed by atoms with Crippen molar-refractivity contribution in [2.24, 2.45) is 5.41 Å². The number of alkyl carbamates (subject to hydrolysis) is 1. The van der Waals surface area contributed by atoms with Gasteiger partial charge in [-0.2, -0.15) is 0 Å². The number of rotatable bonds is 8. The van der Waals surface area contributed by atoms with Gasteiger partial charge in [-0.3, -0.25) is 9.59 Å². The number of fused-ring (bicyclic) bond motifs is 3. The molecule has 2 amide bonds. The maximum absolute atomic E-state index is 12.4. The van der Waals surface area contributed by atoms with Crippen LogP contribution in [0, 0.1) is 5.41 Å². The van der Waals surface area contributed by atoms with Crippen LogP contribution in [0.25, 0.3) is 11.1 Å². The molecular weight excluding hydrogens is 420 g/mol. The van der Waals surface area contributed by atoms with E-state index in [1.807, 2.05) is 45.0 Å². The molecule has 33 heavy (non-hydrogen) atoms. The summed E-state index contributed by atoms with van der Waals surface area (Å²) in [5, 5.41) is 11.7. The number of benzene rings is 2. The minimum Gasteiger partial charge on any atom is -0.480 e. The maximum atomic E-state index is 12.4. The number of carbonyl (C=O) groups excluding carboxylic acids is 2. The molecule has 2 N–H and O–H groups in total. The Labute approximate surface area is 194 Å². The zero-order chi connectivity index (χ0) is 24.0. The third-order valence-corrected chi connectivity index (χ3v) is 5.27. The highest BCUT2D eigenvalue weighted by Gasteiger charge is 2.29. The largest absolute Gasteiger partial charge is 0.480 e. The second kappa shape index (κ2) is 10.3. The Morgan fingerprint density at radius 3 is 2.15 bits per heavy atom. The highest BCUT2D eigenvalue weighted by Crippen LogP contribution is 2.44.